The summed E-state index contributed by atoms with van der Waals surface area (Å²) < 4.78 is 5.65. The molecule has 0 heterocycles. The monoisotopic (exact) mass is 313 g/mol. The van der Waals surface area contributed by atoms with Gasteiger partial charge in [-0.3, -0.25) is 4.79 Å². The van der Waals surface area contributed by atoms with Gasteiger partial charge in [0, 0.05) is 12.1 Å². The van der Waals surface area contributed by atoms with Crippen LogP contribution in [-0.4, -0.2) is 29.3 Å². The number of carbonyl (C=O) groups is 1. The number of benzene rings is 1. The molecule has 2 atom stereocenters. The highest BCUT2D eigenvalue weighted by molar-refractivity contribution is 6.32. The van der Waals surface area contributed by atoms with Gasteiger partial charge in [0.1, 0.15) is 5.75 Å². The first-order valence-electron chi connectivity index (χ1n) is 7.17. The van der Waals surface area contributed by atoms with Crippen LogP contribution in [0.4, 0.5) is 0 Å². The largest absolute Gasteiger partial charge is 0.479 e. The van der Waals surface area contributed by atoms with Gasteiger partial charge in [-0.15, -0.1) is 0 Å². The summed E-state index contributed by atoms with van der Waals surface area (Å²) in [6.45, 7) is 7.53. The quantitative estimate of drug-likeness (QED) is 0.813. The number of nitrogens with one attached hydrogen (secondary N) is 1. The number of ether oxygens (including phenoxy) is 1. The molecule has 0 spiro atoms. The molecular weight excluding hydrogens is 290 g/mol. The lowest BCUT2D eigenvalue weighted by Gasteiger charge is -2.30. The molecule has 5 heteroatoms. The van der Waals surface area contributed by atoms with Crippen LogP contribution in [0.5, 0.6) is 5.75 Å². The maximum absolute atomic E-state index is 12.2. The van der Waals surface area contributed by atoms with Gasteiger partial charge < -0.3 is 15.2 Å². The predicted octanol–water partition coefficient (Wildman–Crippen LogP) is 3.08. The number of halogens is 1. The fraction of sp³-hybridized carbons (Fsp3) is 0.562. The third kappa shape index (κ3) is 5.21. The van der Waals surface area contributed by atoms with E-state index in [1.807, 2.05) is 26.8 Å². The van der Waals surface area contributed by atoms with Gasteiger partial charge in [-0.1, -0.05) is 24.6 Å². The molecule has 1 rings (SSSR count). The summed E-state index contributed by atoms with van der Waals surface area (Å²) in [5.41, 5.74) is 0.584. The van der Waals surface area contributed by atoms with E-state index in [9.17, 15) is 4.79 Å². The number of hydrogen-bond acceptors (Lipinski definition) is 3. The van der Waals surface area contributed by atoms with Crippen LogP contribution in [0, 0.1) is 6.92 Å². The normalized spacial score (nSPS) is 15.1. The van der Waals surface area contributed by atoms with Gasteiger partial charge >= 0.3 is 0 Å². The molecule has 1 amide bonds. The lowest BCUT2D eigenvalue weighted by molar-refractivity contribution is -0.129. The molecule has 0 saturated heterocycles. The molecule has 0 bridgehead atoms. The van der Waals surface area contributed by atoms with Gasteiger partial charge in [0.05, 0.1) is 5.02 Å². The molecular formula is C16H24ClNO3. The fourth-order valence-corrected chi connectivity index (χ4v) is 2.08. The summed E-state index contributed by atoms with van der Waals surface area (Å²) in [5, 5.41) is 12.5. The third-order valence-corrected chi connectivity index (χ3v) is 3.94. The van der Waals surface area contributed by atoms with E-state index in [0.717, 1.165) is 12.0 Å². The molecule has 0 aliphatic heterocycles. The molecule has 2 N–H and O–H groups in total. The molecule has 1 aromatic carbocycles. The van der Waals surface area contributed by atoms with Crippen molar-refractivity contribution >= 4 is 17.5 Å². The minimum Gasteiger partial charge on any atom is -0.479 e. The first kappa shape index (κ1) is 17.8. The number of aliphatic hydroxyl groups excluding tert-OH is 1. The van der Waals surface area contributed by atoms with E-state index in [2.05, 4.69) is 5.32 Å². The Balaban J connectivity index is 2.72. The van der Waals surface area contributed by atoms with Crippen LogP contribution in [-0.2, 0) is 4.79 Å². The highest BCUT2D eigenvalue weighted by Gasteiger charge is 2.27. The lowest BCUT2D eigenvalue weighted by Crippen LogP contribution is -2.50. The molecule has 4 nitrogen and oxygen atoms in total. The zero-order valence-corrected chi connectivity index (χ0v) is 13.8. The Bertz CT molecular complexity index is 492. The molecule has 21 heavy (non-hydrogen) atoms. The minimum atomic E-state index is -0.658. The zero-order chi connectivity index (χ0) is 16.0. The second kappa shape index (κ2) is 7.66. The number of aryl methyl sites for hydroxylation is 1. The molecule has 1 aromatic rings. The first-order valence-corrected chi connectivity index (χ1v) is 7.55. The Morgan fingerprint density at radius 2 is 2.19 bits per heavy atom. The summed E-state index contributed by atoms with van der Waals surface area (Å²) >= 11 is 6.07. The number of carbonyl (C=O) groups excluding carboxylic acids is 1. The van der Waals surface area contributed by atoms with E-state index in [1.165, 1.54) is 0 Å². The van der Waals surface area contributed by atoms with Crippen molar-refractivity contribution in [2.24, 2.45) is 0 Å². The second-order valence-electron chi connectivity index (χ2n) is 5.57. The number of rotatable bonds is 7. The van der Waals surface area contributed by atoms with Crippen molar-refractivity contribution in [3.63, 3.8) is 0 Å². The Kier molecular flexibility index (Phi) is 6.49. The molecule has 118 valence electrons. The smallest absolute Gasteiger partial charge is 0.261 e. The van der Waals surface area contributed by atoms with Crippen molar-refractivity contribution in [2.75, 3.05) is 6.61 Å². The third-order valence-electron chi connectivity index (χ3n) is 3.63. The molecule has 2 unspecified atom stereocenters. The number of aliphatic hydroxyl groups is 1. The van der Waals surface area contributed by atoms with E-state index in [4.69, 9.17) is 21.4 Å². The van der Waals surface area contributed by atoms with Gasteiger partial charge in [0.2, 0.25) is 0 Å². The van der Waals surface area contributed by atoms with Crippen LogP contribution < -0.4 is 10.1 Å². The number of hydrogen-bond donors (Lipinski definition) is 2. The van der Waals surface area contributed by atoms with Gasteiger partial charge in [-0.2, -0.15) is 0 Å². The van der Waals surface area contributed by atoms with Crippen LogP contribution in [0.25, 0.3) is 0 Å². The molecule has 0 fully saturated rings. The fourth-order valence-electron chi connectivity index (χ4n) is 1.92. The average Bonchev–Trinajstić information content (AvgIpc) is 2.43. The van der Waals surface area contributed by atoms with Gasteiger partial charge in [0.25, 0.3) is 5.91 Å². The summed E-state index contributed by atoms with van der Waals surface area (Å²) in [6.07, 6.45) is 0.582. The predicted molar refractivity (Wildman–Crippen MR) is 84.8 cm³/mol. The van der Waals surface area contributed by atoms with E-state index in [0.29, 0.717) is 17.2 Å². The Labute approximate surface area is 131 Å². The maximum Gasteiger partial charge on any atom is 0.261 e. The molecule has 0 aromatic heterocycles. The van der Waals surface area contributed by atoms with Crippen molar-refractivity contribution in [3.8, 4) is 5.75 Å². The average molecular weight is 314 g/mol. The van der Waals surface area contributed by atoms with Crippen LogP contribution in [0.2, 0.25) is 5.02 Å². The lowest BCUT2D eigenvalue weighted by atomic mass is 9.94. The van der Waals surface area contributed by atoms with E-state index < -0.39 is 11.6 Å². The second-order valence-corrected chi connectivity index (χ2v) is 5.98. The summed E-state index contributed by atoms with van der Waals surface area (Å²) in [7, 11) is 0. The van der Waals surface area contributed by atoms with Crippen molar-refractivity contribution in [3.05, 3.63) is 28.8 Å². The molecule has 0 radical (unpaired) electrons. The topological polar surface area (TPSA) is 58.6 Å². The van der Waals surface area contributed by atoms with Gasteiger partial charge in [-0.05, 0) is 51.3 Å². The van der Waals surface area contributed by atoms with Crippen LogP contribution in [0.3, 0.4) is 0 Å². The van der Waals surface area contributed by atoms with Gasteiger partial charge in [0.15, 0.2) is 6.10 Å². The van der Waals surface area contributed by atoms with Gasteiger partial charge in [-0.25, -0.2) is 0 Å². The van der Waals surface area contributed by atoms with Crippen molar-refractivity contribution in [2.45, 2.75) is 52.2 Å². The van der Waals surface area contributed by atoms with Crippen LogP contribution in [0.1, 0.15) is 39.2 Å². The Morgan fingerprint density at radius 3 is 2.76 bits per heavy atom. The molecule has 0 saturated carbocycles. The van der Waals surface area contributed by atoms with Crippen LogP contribution >= 0.6 is 11.6 Å². The van der Waals surface area contributed by atoms with E-state index in [1.54, 1.807) is 19.1 Å². The number of amides is 1. The summed E-state index contributed by atoms with van der Waals surface area (Å²) in [5.74, 6) is 0.282. The highest BCUT2D eigenvalue weighted by Crippen LogP contribution is 2.26. The Hall–Kier alpha value is -1.26. The highest BCUT2D eigenvalue weighted by atomic mass is 35.5. The Morgan fingerprint density at radius 1 is 1.52 bits per heavy atom. The maximum atomic E-state index is 12.2. The molecule has 0 aliphatic rings. The van der Waals surface area contributed by atoms with E-state index in [-0.39, 0.29) is 12.5 Å². The van der Waals surface area contributed by atoms with Crippen molar-refractivity contribution < 1.29 is 14.6 Å². The van der Waals surface area contributed by atoms with Crippen molar-refractivity contribution in [1.29, 1.82) is 0 Å². The van der Waals surface area contributed by atoms with Crippen molar-refractivity contribution in [1.82, 2.24) is 5.32 Å². The van der Waals surface area contributed by atoms with Crippen LogP contribution in [0.15, 0.2) is 18.2 Å². The first-order chi connectivity index (χ1) is 9.81. The molecule has 0 aliphatic carbocycles. The standard InChI is InChI=1S/C16H24ClNO3/c1-5-16(4,8-9-19)18-15(20)12(3)21-14-10-11(2)6-7-13(14)17/h6-7,10,12,19H,5,8-9H2,1-4H3,(H,18,20). The van der Waals surface area contributed by atoms with E-state index >= 15 is 0 Å². The SMILES string of the molecule is CCC(C)(CCO)NC(=O)C(C)Oc1cc(C)ccc1Cl. The minimum absolute atomic E-state index is 0.0313. The summed E-state index contributed by atoms with van der Waals surface area (Å²) in [6, 6.07) is 5.44. The summed E-state index contributed by atoms with van der Waals surface area (Å²) in [4.78, 5) is 12.2. The zero-order valence-electron chi connectivity index (χ0n) is 13.1.